The molecule has 0 aliphatic rings. The zero-order valence-corrected chi connectivity index (χ0v) is 19.8. The van der Waals surface area contributed by atoms with Crippen molar-refractivity contribution in [3.63, 3.8) is 0 Å². The van der Waals surface area contributed by atoms with Gasteiger partial charge in [-0.3, -0.25) is 4.79 Å². The lowest BCUT2D eigenvalue weighted by Gasteiger charge is -2.07. The lowest BCUT2D eigenvalue weighted by molar-refractivity contribution is -0.123. The number of benzene rings is 3. The lowest BCUT2D eigenvalue weighted by atomic mass is 10.1. The molecule has 0 aliphatic heterocycles. The maximum atomic E-state index is 12.2. The average molecular weight is 469 g/mol. The van der Waals surface area contributed by atoms with Crippen molar-refractivity contribution in [2.24, 2.45) is 5.10 Å². The Labute approximate surface area is 205 Å². The second-order valence-electron chi connectivity index (χ2n) is 7.93. The Morgan fingerprint density at radius 2 is 1.74 bits per heavy atom. The maximum absolute atomic E-state index is 12.2. The van der Waals surface area contributed by atoms with Gasteiger partial charge in [0.1, 0.15) is 17.2 Å². The fraction of sp³-hybridized carbons (Fsp3) is 0.179. The van der Waals surface area contributed by atoms with Crippen LogP contribution in [0.2, 0.25) is 0 Å². The molecule has 0 spiro atoms. The minimum Gasteiger partial charge on any atom is -0.494 e. The number of carbonyl (C=O) groups is 1. The molecule has 1 heterocycles. The van der Waals surface area contributed by atoms with E-state index in [2.05, 4.69) is 17.5 Å². The summed E-state index contributed by atoms with van der Waals surface area (Å²) in [7, 11) is 0. The van der Waals surface area contributed by atoms with E-state index in [1.165, 1.54) is 0 Å². The van der Waals surface area contributed by atoms with Crippen molar-refractivity contribution in [3.8, 4) is 28.4 Å². The third-order valence-corrected chi connectivity index (χ3v) is 5.21. The highest BCUT2D eigenvalue weighted by Crippen LogP contribution is 2.25. The SMILES string of the molecule is CCCOc1ccc(-c2nn(-c3ccccc3)cc2/C=N\NC(=O)COc2ccccc2C)cc1. The van der Waals surface area contributed by atoms with Gasteiger partial charge in [-0.2, -0.15) is 10.2 Å². The number of amides is 1. The lowest BCUT2D eigenvalue weighted by Crippen LogP contribution is -2.24. The van der Waals surface area contributed by atoms with Crippen molar-refractivity contribution >= 4 is 12.1 Å². The number of hydrazone groups is 1. The van der Waals surface area contributed by atoms with Crippen molar-refractivity contribution in [2.75, 3.05) is 13.2 Å². The van der Waals surface area contributed by atoms with Gasteiger partial charge in [0.2, 0.25) is 0 Å². The first-order valence-corrected chi connectivity index (χ1v) is 11.5. The Morgan fingerprint density at radius 3 is 2.49 bits per heavy atom. The molecule has 0 fully saturated rings. The summed E-state index contributed by atoms with van der Waals surface area (Å²) in [6.07, 6.45) is 4.42. The molecule has 4 rings (SSSR count). The van der Waals surface area contributed by atoms with E-state index in [1.807, 2.05) is 92.0 Å². The van der Waals surface area contributed by atoms with E-state index < -0.39 is 0 Å². The first-order valence-electron chi connectivity index (χ1n) is 11.5. The summed E-state index contributed by atoms with van der Waals surface area (Å²) in [5, 5.41) is 8.92. The highest BCUT2D eigenvalue weighted by Gasteiger charge is 2.12. The smallest absolute Gasteiger partial charge is 0.277 e. The van der Waals surface area contributed by atoms with Crippen molar-refractivity contribution in [1.29, 1.82) is 0 Å². The van der Waals surface area contributed by atoms with E-state index in [0.717, 1.165) is 40.2 Å². The van der Waals surface area contributed by atoms with Crippen LogP contribution in [0.5, 0.6) is 11.5 Å². The van der Waals surface area contributed by atoms with Crippen LogP contribution in [0.4, 0.5) is 0 Å². The zero-order valence-electron chi connectivity index (χ0n) is 19.8. The summed E-state index contributed by atoms with van der Waals surface area (Å²) >= 11 is 0. The van der Waals surface area contributed by atoms with Gasteiger partial charge in [-0.1, -0.05) is 43.3 Å². The van der Waals surface area contributed by atoms with Gasteiger partial charge in [0.25, 0.3) is 5.91 Å². The summed E-state index contributed by atoms with van der Waals surface area (Å²) < 4.78 is 13.1. The van der Waals surface area contributed by atoms with Crippen molar-refractivity contribution in [2.45, 2.75) is 20.3 Å². The molecule has 1 amide bonds. The molecule has 1 N–H and O–H groups in total. The highest BCUT2D eigenvalue weighted by molar-refractivity contribution is 5.89. The van der Waals surface area contributed by atoms with Gasteiger partial charge in [0.15, 0.2) is 6.61 Å². The Morgan fingerprint density at radius 1 is 1.00 bits per heavy atom. The van der Waals surface area contributed by atoms with Crippen LogP contribution >= 0.6 is 0 Å². The Kier molecular flexibility index (Phi) is 7.91. The van der Waals surface area contributed by atoms with Crippen molar-refractivity contribution in [3.05, 3.63) is 96.2 Å². The normalized spacial score (nSPS) is 10.9. The quantitative estimate of drug-likeness (QED) is 0.257. The van der Waals surface area contributed by atoms with Crippen LogP contribution in [-0.4, -0.2) is 35.1 Å². The van der Waals surface area contributed by atoms with Crippen LogP contribution in [0.15, 0.2) is 90.2 Å². The Balaban J connectivity index is 1.50. The number of nitrogens with one attached hydrogen (secondary N) is 1. The first kappa shape index (κ1) is 23.8. The third kappa shape index (κ3) is 6.35. The van der Waals surface area contributed by atoms with Crippen LogP contribution in [0.1, 0.15) is 24.5 Å². The fourth-order valence-electron chi connectivity index (χ4n) is 3.42. The number of aromatic nitrogens is 2. The molecule has 0 radical (unpaired) electrons. The Hall–Kier alpha value is -4.39. The average Bonchev–Trinajstić information content (AvgIpc) is 3.32. The number of ether oxygens (including phenoxy) is 2. The number of para-hydroxylation sites is 2. The second-order valence-corrected chi connectivity index (χ2v) is 7.93. The minimum atomic E-state index is -0.348. The molecule has 0 saturated carbocycles. The van der Waals surface area contributed by atoms with Gasteiger partial charge in [-0.15, -0.1) is 0 Å². The monoisotopic (exact) mass is 468 g/mol. The molecule has 7 heteroatoms. The van der Waals surface area contributed by atoms with Crippen LogP contribution < -0.4 is 14.9 Å². The summed E-state index contributed by atoms with van der Waals surface area (Å²) in [6, 6.07) is 25.2. The van der Waals surface area contributed by atoms with E-state index in [0.29, 0.717) is 12.4 Å². The van der Waals surface area contributed by atoms with Gasteiger partial charge in [0.05, 0.1) is 18.5 Å². The predicted octanol–water partition coefficient (Wildman–Crippen LogP) is 5.17. The largest absolute Gasteiger partial charge is 0.494 e. The van der Waals surface area contributed by atoms with Gasteiger partial charge in [-0.05, 0) is 61.4 Å². The minimum absolute atomic E-state index is 0.127. The van der Waals surface area contributed by atoms with E-state index in [9.17, 15) is 4.79 Å². The molecule has 0 saturated heterocycles. The standard InChI is InChI=1S/C28H28N4O3/c1-3-17-34-25-15-13-22(14-16-25)28-23(19-32(31-28)24-10-5-4-6-11-24)18-29-30-27(33)20-35-26-12-8-7-9-21(26)2/h4-16,18-19H,3,17,20H2,1-2H3,(H,30,33)/b29-18-. The number of hydrogen-bond donors (Lipinski definition) is 1. The summed E-state index contributed by atoms with van der Waals surface area (Å²) in [6.45, 7) is 4.55. The van der Waals surface area contributed by atoms with Crippen molar-refractivity contribution < 1.29 is 14.3 Å². The van der Waals surface area contributed by atoms with E-state index in [4.69, 9.17) is 14.6 Å². The molecular weight excluding hydrogens is 440 g/mol. The van der Waals surface area contributed by atoms with Crippen LogP contribution in [-0.2, 0) is 4.79 Å². The molecule has 0 aliphatic carbocycles. The highest BCUT2D eigenvalue weighted by atomic mass is 16.5. The Bertz CT molecular complexity index is 1280. The molecule has 0 atom stereocenters. The van der Waals surface area contributed by atoms with Gasteiger partial charge in [-0.25, -0.2) is 10.1 Å². The summed E-state index contributed by atoms with van der Waals surface area (Å²) in [5.41, 5.74) is 6.84. The van der Waals surface area contributed by atoms with E-state index in [-0.39, 0.29) is 12.5 Å². The number of carbonyl (C=O) groups excluding carboxylic acids is 1. The maximum Gasteiger partial charge on any atom is 0.277 e. The van der Waals surface area contributed by atoms with Crippen LogP contribution in [0.3, 0.4) is 0 Å². The third-order valence-electron chi connectivity index (χ3n) is 5.21. The summed E-state index contributed by atoms with van der Waals surface area (Å²) in [5.74, 6) is 1.14. The van der Waals surface area contributed by atoms with Crippen molar-refractivity contribution in [1.82, 2.24) is 15.2 Å². The van der Waals surface area contributed by atoms with Crippen LogP contribution in [0, 0.1) is 6.92 Å². The van der Waals surface area contributed by atoms with Gasteiger partial charge in [0, 0.05) is 17.3 Å². The number of rotatable bonds is 10. The molecular formula is C28H28N4O3. The molecule has 1 aromatic heterocycles. The van der Waals surface area contributed by atoms with E-state index >= 15 is 0 Å². The molecule has 7 nitrogen and oxygen atoms in total. The molecule has 178 valence electrons. The zero-order chi connectivity index (χ0) is 24.5. The molecule has 0 unspecified atom stereocenters. The number of nitrogens with zero attached hydrogens (tertiary/aromatic N) is 3. The fourth-order valence-corrected chi connectivity index (χ4v) is 3.42. The number of hydrogen-bond acceptors (Lipinski definition) is 5. The van der Waals surface area contributed by atoms with Gasteiger partial charge < -0.3 is 9.47 Å². The van der Waals surface area contributed by atoms with Gasteiger partial charge >= 0.3 is 0 Å². The molecule has 0 bridgehead atoms. The van der Waals surface area contributed by atoms with E-state index in [1.54, 1.807) is 10.9 Å². The molecule has 4 aromatic rings. The predicted molar refractivity (Wildman–Crippen MR) is 137 cm³/mol. The first-order chi connectivity index (χ1) is 17.1. The number of aryl methyl sites for hydroxylation is 1. The topological polar surface area (TPSA) is 77.7 Å². The molecule has 3 aromatic carbocycles. The summed E-state index contributed by atoms with van der Waals surface area (Å²) in [4.78, 5) is 12.2. The second kappa shape index (κ2) is 11.7. The van der Waals surface area contributed by atoms with Crippen LogP contribution in [0.25, 0.3) is 16.9 Å². The molecule has 35 heavy (non-hydrogen) atoms.